The van der Waals surface area contributed by atoms with E-state index < -0.39 is 29.7 Å². The van der Waals surface area contributed by atoms with Crippen molar-refractivity contribution < 1.29 is 22.8 Å². The van der Waals surface area contributed by atoms with Crippen LogP contribution in [0.3, 0.4) is 0 Å². The van der Waals surface area contributed by atoms with E-state index in [1.165, 1.54) is 11.0 Å². The highest BCUT2D eigenvalue weighted by molar-refractivity contribution is 6.02. The zero-order chi connectivity index (χ0) is 19.8. The summed E-state index contributed by atoms with van der Waals surface area (Å²) in [7, 11) is 0. The van der Waals surface area contributed by atoms with Crippen molar-refractivity contribution in [2.75, 3.05) is 4.90 Å². The standard InChI is InChI=1S/C19H24F3N3O2/c1-11(12-5-3-2-4-6-12)25-16-10-14(19(20,21)22)8-7-13(16)9-15(17(25)26)24-18(23)27/h7-8,10-12,15H,2-6,9H2,1H3,(H3,23,24,27)/t11-,15+/m0/s1. The molecular formula is C19H24F3N3O2. The molecule has 1 saturated carbocycles. The molecule has 1 aromatic rings. The molecule has 0 bridgehead atoms. The topological polar surface area (TPSA) is 75.4 Å². The number of amides is 3. The van der Waals surface area contributed by atoms with Crippen molar-refractivity contribution in [3.63, 3.8) is 0 Å². The van der Waals surface area contributed by atoms with Crippen LogP contribution >= 0.6 is 0 Å². The lowest BCUT2D eigenvalue weighted by Gasteiger charge is -2.42. The molecular weight excluding hydrogens is 359 g/mol. The molecule has 148 valence electrons. The Morgan fingerprint density at radius 2 is 1.93 bits per heavy atom. The number of hydrogen-bond donors (Lipinski definition) is 2. The van der Waals surface area contributed by atoms with Crippen molar-refractivity contribution >= 4 is 17.6 Å². The molecule has 0 radical (unpaired) electrons. The van der Waals surface area contributed by atoms with E-state index in [9.17, 15) is 22.8 Å². The second-order valence-corrected chi connectivity index (χ2v) is 7.45. The third kappa shape index (κ3) is 4.04. The van der Waals surface area contributed by atoms with Crippen LogP contribution < -0.4 is 16.0 Å². The minimum Gasteiger partial charge on any atom is -0.352 e. The van der Waals surface area contributed by atoms with Crippen LogP contribution in [0.1, 0.15) is 50.2 Å². The maximum Gasteiger partial charge on any atom is 0.416 e. The number of nitrogens with two attached hydrogens (primary N) is 1. The van der Waals surface area contributed by atoms with E-state index >= 15 is 0 Å². The van der Waals surface area contributed by atoms with Gasteiger partial charge in [0.25, 0.3) is 0 Å². The zero-order valence-corrected chi connectivity index (χ0v) is 15.2. The summed E-state index contributed by atoms with van der Waals surface area (Å²) in [6, 6.07) is 1.51. The normalized spacial score (nSPS) is 22.3. The van der Waals surface area contributed by atoms with Crippen molar-refractivity contribution in [3.8, 4) is 0 Å². The molecule has 0 aromatic heterocycles. The highest BCUT2D eigenvalue weighted by Crippen LogP contribution is 2.39. The summed E-state index contributed by atoms with van der Waals surface area (Å²) in [5.74, 6) is -0.184. The summed E-state index contributed by atoms with van der Waals surface area (Å²) in [4.78, 5) is 25.8. The van der Waals surface area contributed by atoms with Crippen LogP contribution in [0.15, 0.2) is 18.2 Å². The van der Waals surface area contributed by atoms with Gasteiger partial charge in [-0.3, -0.25) is 4.79 Å². The van der Waals surface area contributed by atoms with Crippen molar-refractivity contribution in [1.82, 2.24) is 5.32 Å². The number of hydrogen-bond acceptors (Lipinski definition) is 2. The number of nitrogens with zero attached hydrogens (tertiary/aromatic N) is 1. The van der Waals surface area contributed by atoms with E-state index in [1.54, 1.807) is 0 Å². The maximum absolute atomic E-state index is 13.2. The quantitative estimate of drug-likeness (QED) is 0.837. The molecule has 1 heterocycles. The lowest BCUT2D eigenvalue weighted by atomic mass is 9.82. The number of carbonyl (C=O) groups is 2. The number of halogens is 3. The average molecular weight is 383 g/mol. The number of alkyl halides is 3. The first-order valence-electron chi connectivity index (χ1n) is 9.27. The maximum atomic E-state index is 13.2. The number of carbonyl (C=O) groups excluding carboxylic acids is 2. The molecule has 8 heteroatoms. The first-order valence-corrected chi connectivity index (χ1v) is 9.27. The van der Waals surface area contributed by atoms with Gasteiger partial charge in [-0.25, -0.2) is 4.79 Å². The molecule has 1 aromatic carbocycles. The number of nitrogens with one attached hydrogen (secondary N) is 1. The Hall–Kier alpha value is -2.25. The SMILES string of the molecule is C[C@@H](C1CCCCC1)N1C(=O)[C@H](NC(N)=O)Cc2ccc(C(F)(F)F)cc21. The number of urea groups is 1. The molecule has 0 spiro atoms. The molecule has 1 aliphatic carbocycles. The van der Waals surface area contributed by atoms with Gasteiger partial charge in [0.05, 0.1) is 5.56 Å². The third-order valence-electron chi connectivity index (χ3n) is 5.69. The second kappa shape index (κ2) is 7.40. The van der Waals surface area contributed by atoms with E-state index in [4.69, 9.17) is 5.73 Å². The number of primary amides is 1. The molecule has 3 amide bonds. The van der Waals surface area contributed by atoms with Crippen molar-refractivity contribution in [1.29, 1.82) is 0 Å². The van der Waals surface area contributed by atoms with Crippen molar-refractivity contribution in [3.05, 3.63) is 29.3 Å². The van der Waals surface area contributed by atoms with Crippen LogP contribution in [0.2, 0.25) is 0 Å². The van der Waals surface area contributed by atoms with Gasteiger partial charge in [-0.05, 0) is 43.4 Å². The summed E-state index contributed by atoms with van der Waals surface area (Å²) in [5, 5.41) is 2.43. The van der Waals surface area contributed by atoms with E-state index in [2.05, 4.69) is 5.32 Å². The molecule has 0 unspecified atom stereocenters. The van der Waals surface area contributed by atoms with Gasteiger partial charge in [0.15, 0.2) is 0 Å². The molecule has 3 rings (SSSR count). The Morgan fingerprint density at radius 1 is 1.26 bits per heavy atom. The summed E-state index contributed by atoms with van der Waals surface area (Å²) in [6.07, 6.45) is 0.756. The van der Waals surface area contributed by atoms with Crippen LogP contribution in [0, 0.1) is 5.92 Å². The fraction of sp³-hybridized carbons (Fsp3) is 0.579. The monoisotopic (exact) mass is 383 g/mol. The number of fused-ring (bicyclic) bond motifs is 1. The van der Waals surface area contributed by atoms with Gasteiger partial charge in [0, 0.05) is 18.2 Å². The smallest absolute Gasteiger partial charge is 0.352 e. The van der Waals surface area contributed by atoms with E-state index in [1.807, 2.05) is 6.92 Å². The van der Waals surface area contributed by atoms with Gasteiger partial charge < -0.3 is 16.0 Å². The van der Waals surface area contributed by atoms with Crippen LogP contribution in [0.25, 0.3) is 0 Å². The lowest BCUT2D eigenvalue weighted by molar-refractivity contribution is -0.137. The highest BCUT2D eigenvalue weighted by Gasteiger charge is 2.40. The minimum atomic E-state index is -4.49. The van der Waals surface area contributed by atoms with Crippen molar-refractivity contribution in [2.24, 2.45) is 11.7 Å². The Balaban J connectivity index is 2.02. The largest absolute Gasteiger partial charge is 0.416 e. The molecule has 0 saturated heterocycles. The fourth-order valence-electron chi connectivity index (χ4n) is 4.26. The molecule has 5 nitrogen and oxygen atoms in total. The van der Waals surface area contributed by atoms with Gasteiger partial charge in [0.1, 0.15) is 6.04 Å². The minimum absolute atomic E-state index is 0.128. The number of benzene rings is 1. The Bertz CT molecular complexity index is 729. The van der Waals surface area contributed by atoms with Gasteiger partial charge in [-0.15, -0.1) is 0 Å². The fourth-order valence-corrected chi connectivity index (χ4v) is 4.26. The summed E-state index contributed by atoms with van der Waals surface area (Å²) in [5.41, 5.74) is 5.29. The number of rotatable bonds is 3. The molecule has 1 aliphatic heterocycles. The van der Waals surface area contributed by atoms with Crippen LogP contribution in [0.5, 0.6) is 0 Å². The first kappa shape index (κ1) is 19.5. The van der Waals surface area contributed by atoms with Gasteiger partial charge in [-0.1, -0.05) is 25.3 Å². The van der Waals surface area contributed by atoms with Gasteiger partial charge >= 0.3 is 12.2 Å². The van der Waals surface area contributed by atoms with Gasteiger partial charge in [-0.2, -0.15) is 13.2 Å². The van der Waals surface area contributed by atoms with Crippen molar-refractivity contribution in [2.45, 2.75) is 63.7 Å². The Morgan fingerprint density at radius 3 is 2.52 bits per heavy atom. The predicted molar refractivity (Wildman–Crippen MR) is 95.2 cm³/mol. The Labute approximate surface area is 156 Å². The van der Waals surface area contributed by atoms with Crippen LogP contribution in [0.4, 0.5) is 23.7 Å². The molecule has 27 heavy (non-hydrogen) atoms. The molecule has 1 fully saturated rings. The van der Waals surface area contributed by atoms with Gasteiger partial charge in [0.2, 0.25) is 5.91 Å². The average Bonchev–Trinajstić information content (AvgIpc) is 2.61. The molecule has 2 aliphatic rings. The first-order chi connectivity index (χ1) is 12.7. The number of anilines is 1. The molecule has 3 N–H and O–H groups in total. The second-order valence-electron chi connectivity index (χ2n) is 7.45. The Kier molecular flexibility index (Phi) is 5.35. The van der Waals surface area contributed by atoms with E-state index in [0.717, 1.165) is 44.2 Å². The summed E-state index contributed by atoms with van der Waals surface area (Å²) in [6.45, 7) is 1.88. The predicted octanol–water partition coefficient (Wildman–Crippen LogP) is 3.60. The summed E-state index contributed by atoms with van der Waals surface area (Å²) < 4.78 is 39.6. The highest BCUT2D eigenvalue weighted by atomic mass is 19.4. The lowest BCUT2D eigenvalue weighted by Crippen LogP contribution is -2.57. The van der Waals surface area contributed by atoms with Crippen LogP contribution in [-0.4, -0.2) is 24.0 Å². The van der Waals surface area contributed by atoms with Crippen LogP contribution in [-0.2, 0) is 17.4 Å². The molecule has 2 atom stereocenters. The summed E-state index contributed by atoms with van der Waals surface area (Å²) >= 11 is 0. The zero-order valence-electron chi connectivity index (χ0n) is 15.2. The van der Waals surface area contributed by atoms with E-state index in [-0.39, 0.29) is 24.1 Å². The third-order valence-corrected chi connectivity index (χ3v) is 5.69. The van der Waals surface area contributed by atoms with E-state index in [0.29, 0.717) is 5.56 Å².